The molecule has 1 fully saturated rings. The first-order valence-corrected chi connectivity index (χ1v) is 6.47. The van der Waals surface area contributed by atoms with Crippen LogP contribution in [0.3, 0.4) is 0 Å². The van der Waals surface area contributed by atoms with Gasteiger partial charge in [-0.1, -0.05) is 24.3 Å². The molecule has 1 aliphatic rings. The van der Waals surface area contributed by atoms with Gasteiger partial charge in [0.1, 0.15) is 6.54 Å². The summed E-state index contributed by atoms with van der Waals surface area (Å²) in [7, 11) is 0. The molecule has 2 N–H and O–H groups in total. The van der Waals surface area contributed by atoms with Gasteiger partial charge in [0.2, 0.25) is 11.8 Å². The number of carbonyl (C=O) groups is 2. The zero-order valence-electron chi connectivity index (χ0n) is 11.1. The number of hydrogen-bond acceptors (Lipinski definition) is 3. The summed E-state index contributed by atoms with van der Waals surface area (Å²) in [4.78, 5) is 26.9. The molecule has 5 heteroatoms. The number of likely N-dealkylation sites (N-methyl/N-ethyl adjacent to an activating group) is 1. The Balaban J connectivity index is 2.02. The minimum absolute atomic E-state index is 0.00403. The molecule has 0 spiro atoms. The molecule has 0 radical (unpaired) electrons. The summed E-state index contributed by atoms with van der Waals surface area (Å²) in [6.45, 7) is 3.82. The summed E-state index contributed by atoms with van der Waals surface area (Å²) in [5.74, 6) is 0.0185. The number of benzene rings is 1. The van der Waals surface area contributed by atoms with Crippen LogP contribution in [0.1, 0.15) is 18.1 Å². The van der Waals surface area contributed by atoms with Crippen LogP contribution in [0.25, 0.3) is 0 Å². The van der Waals surface area contributed by atoms with Crippen LogP contribution in [0.15, 0.2) is 24.3 Å². The number of carbonyl (C=O) groups excluding carboxylic acids is 2. The number of nitrogens with zero attached hydrogens (tertiary/aromatic N) is 2. The molecule has 1 aliphatic heterocycles. The van der Waals surface area contributed by atoms with Crippen LogP contribution in [0.4, 0.5) is 0 Å². The minimum atomic E-state index is 0.00403. The van der Waals surface area contributed by atoms with Crippen molar-refractivity contribution in [3.05, 3.63) is 35.4 Å². The van der Waals surface area contributed by atoms with Crippen molar-refractivity contribution in [1.82, 2.24) is 9.80 Å². The Morgan fingerprint density at radius 3 is 2.11 bits per heavy atom. The van der Waals surface area contributed by atoms with Crippen LogP contribution in [-0.4, -0.2) is 41.2 Å². The van der Waals surface area contributed by atoms with Gasteiger partial charge in [0.05, 0.1) is 6.54 Å². The topological polar surface area (TPSA) is 66.6 Å². The molecule has 1 aromatic carbocycles. The molecule has 2 rings (SSSR count). The molecule has 102 valence electrons. The minimum Gasteiger partial charge on any atom is -0.332 e. The van der Waals surface area contributed by atoms with Gasteiger partial charge < -0.3 is 15.5 Å². The third kappa shape index (κ3) is 3.12. The maximum absolute atomic E-state index is 11.9. The van der Waals surface area contributed by atoms with Crippen LogP contribution in [-0.2, 0) is 22.7 Å². The highest BCUT2D eigenvalue weighted by Gasteiger charge is 2.28. The van der Waals surface area contributed by atoms with E-state index in [4.69, 9.17) is 5.73 Å². The van der Waals surface area contributed by atoms with Gasteiger partial charge in [-0.3, -0.25) is 9.59 Å². The third-order valence-corrected chi connectivity index (χ3v) is 3.37. The number of hydrogen-bond donors (Lipinski definition) is 1. The van der Waals surface area contributed by atoms with E-state index in [1.807, 2.05) is 31.2 Å². The fourth-order valence-corrected chi connectivity index (χ4v) is 2.14. The van der Waals surface area contributed by atoms with Gasteiger partial charge in [0.15, 0.2) is 0 Å². The molecule has 0 saturated carbocycles. The zero-order valence-corrected chi connectivity index (χ0v) is 11.1. The Labute approximate surface area is 113 Å². The lowest BCUT2D eigenvalue weighted by Gasteiger charge is -2.33. The second-order valence-corrected chi connectivity index (χ2v) is 4.68. The SMILES string of the molecule is CCN1CC(=O)N(Cc2ccc(CN)cc2)CC1=O. The first-order valence-electron chi connectivity index (χ1n) is 6.47. The second kappa shape index (κ2) is 5.84. The standard InChI is InChI=1S/C14H19N3O2/c1-2-16-9-14(19)17(10-13(16)18)8-12-5-3-11(7-15)4-6-12/h3-6H,2,7-10,15H2,1H3. The fraction of sp³-hybridized carbons (Fsp3) is 0.429. The molecule has 0 aliphatic carbocycles. The van der Waals surface area contributed by atoms with Gasteiger partial charge in [-0.25, -0.2) is 0 Å². The Morgan fingerprint density at radius 1 is 1.00 bits per heavy atom. The molecule has 5 nitrogen and oxygen atoms in total. The molecule has 1 saturated heterocycles. The summed E-state index contributed by atoms with van der Waals surface area (Å²) < 4.78 is 0. The predicted octanol–water partition coefficient (Wildman–Crippen LogP) is 0.336. The first-order chi connectivity index (χ1) is 9.13. The highest BCUT2D eigenvalue weighted by atomic mass is 16.2. The third-order valence-electron chi connectivity index (χ3n) is 3.37. The van der Waals surface area contributed by atoms with Crippen LogP contribution in [0.5, 0.6) is 0 Å². The van der Waals surface area contributed by atoms with E-state index >= 15 is 0 Å². The Bertz CT molecular complexity index is 470. The predicted molar refractivity (Wildman–Crippen MR) is 72.0 cm³/mol. The van der Waals surface area contributed by atoms with Crippen molar-refractivity contribution in [2.45, 2.75) is 20.0 Å². The quantitative estimate of drug-likeness (QED) is 0.849. The maximum atomic E-state index is 11.9. The molecule has 19 heavy (non-hydrogen) atoms. The molecule has 0 unspecified atom stereocenters. The number of rotatable bonds is 4. The van der Waals surface area contributed by atoms with Gasteiger partial charge >= 0.3 is 0 Å². The van der Waals surface area contributed by atoms with Crippen LogP contribution < -0.4 is 5.73 Å². The van der Waals surface area contributed by atoms with Crippen molar-refractivity contribution in [1.29, 1.82) is 0 Å². The first kappa shape index (κ1) is 13.5. The number of amides is 2. The molecular formula is C14H19N3O2. The average molecular weight is 261 g/mol. The summed E-state index contributed by atoms with van der Waals surface area (Å²) in [5, 5.41) is 0. The Kier molecular flexibility index (Phi) is 4.16. The van der Waals surface area contributed by atoms with E-state index in [-0.39, 0.29) is 24.9 Å². The average Bonchev–Trinajstić information content (AvgIpc) is 2.43. The maximum Gasteiger partial charge on any atom is 0.242 e. The van der Waals surface area contributed by atoms with Crippen molar-refractivity contribution in [2.75, 3.05) is 19.6 Å². The Hall–Kier alpha value is -1.88. The smallest absolute Gasteiger partial charge is 0.242 e. The van der Waals surface area contributed by atoms with Crippen molar-refractivity contribution in [3.63, 3.8) is 0 Å². The van der Waals surface area contributed by atoms with Crippen molar-refractivity contribution >= 4 is 11.8 Å². The Morgan fingerprint density at radius 2 is 1.53 bits per heavy atom. The number of nitrogens with two attached hydrogens (primary N) is 1. The van der Waals surface area contributed by atoms with E-state index in [2.05, 4.69) is 0 Å². The van der Waals surface area contributed by atoms with Crippen molar-refractivity contribution in [3.8, 4) is 0 Å². The lowest BCUT2D eigenvalue weighted by Crippen LogP contribution is -2.53. The second-order valence-electron chi connectivity index (χ2n) is 4.68. The molecule has 0 bridgehead atoms. The fourth-order valence-electron chi connectivity index (χ4n) is 2.14. The van der Waals surface area contributed by atoms with E-state index in [1.165, 1.54) is 0 Å². The van der Waals surface area contributed by atoms with Crippen LogP contribution in [0, 0.1) is 0 Å². The molecule has 0 aromatic heterocycles. The molecule has 1 aromatic rings. The van der Waals surface area contributed by atoms with E-state index in [0.717, 1.165) is 11.1 Å². The molecular weight excluding hydrogens is 242 g/mol. The summed E-state index contributed by atoms with van der Waals surface area (Å²) in [6.07, 6.45) is 0. The van der Waals surface area contributed by atoms with Crippen LogP contribution in [0.2, 0.25) is 0 Å². The van der Waals surface area contributed by atoms with Crippen molar-refractivity contribution < 1.29 is 9.59 Å². The number of piperazine rings is 1. The van der Waals surface area contributed by atoms with E-state index in [1.54, 1.807) is 9.80 Å². The zero-order chi connectivity index (χ0) is 13.8. The van der Waals surface area contributed by atoms with Crippen molar-refractivity contribution in [2.24, 2.45) is 5.73 Å². The van der Waals surface area contributed by atoms with Gasteiger partial charge in [0, 0.05) is 19.6 Å². The molecule has 1 heterocycles. The lowest BCUT2D eigenvalue weighted by molar-refractivity contribution is -0.150. The van der Waals surface area contributed by atoms with Crippen LogP contribution >= 0.6 is 0 Å². The van der Waals surface area contributed by atoms with E-state index in [9.17, 15) is 9.59 Å². The summed E-state index contributed by atoms with van der Waals surface area (Å²) in [6, 6.07) is 7.80. The molecule has 0 atom stereocenters. The van der Waals surface area contributed by atoms with Gasteiger partial charge in [-0.2, -0.15) is 0 Å². The largest absolute Gasteiger partial charge is 0.332 e. The summed E-state index contributed by atoms with van der Waals surface area (Å²) in [5.41, 5.74) is 7.61. The summed E-state index contributed by atoms with van der Waals surface area (Å²) >= 11 is 0. The van der Waals surface area contributed by atoms with Gasteiger partial charge in [-0.05, 0) is 18.1 Å². The normalized spacial score (nSPS) is 16.1. The van der Waals surface area contributed by atoms with E-state index in [0.29, 0.717) is 19.6 Å². The monoisotopic (exact) mass is 261 g/mol. The highest BCUT2D eigenvalue weighted by molar-refractivity contribution is 5.92. The van der Waals surface area contributed by atoms with Gasteiger partial charge in [0.25, 0.3) is 0 Å². The van der Waals surface area contributed by atoms with E-state index < -0.39 is 0 Å². The molecule has 2 amide bonds. The highest BCUT2D eigenvalue weighted by Crippen LogP contribution is 2.11. The van der Waals surface area contributed by atoms with Gasteiger partial charge in [-0.15, -0.1) is 0 Å². The lowest BCUT2D eigenvalue weighted by atomic mass is 10.1.